The van der Waals surface area contributed by atoms with E-state index in [0.717, 1.165) is 6.54 Å². The zero-order valence-electron chi connectivity index (χ0n) is 11.4. The van der Waals surface area contributed by atoms with E-state index in [-0.39, 0.29) is 0 Å². The van der Waals surface area contributed by atoms with Crippen LogP contribution in [0.4, 0.5) is 13.2 Å². The number of alkyl halides is 3. The normalized spacial score (nSPS) is 23.0. The van der Waals surface area contributed by atoms with Gasteiger partial charge in [-0.3, -0.25) is 9.80 Å². The molecule has 6 heteroatoms. The second-order valence-electron chi connectivity index (χ2n) is 5.01. The van der Waals surface area contributed by atoms with E-state index in [2.05, 4.69) is 31.0 Å². The van der Waals surface area contributed by atoms with Gasteiger partial charge in [0, 0.05) is 38.3 Å². The Morgan fingerprint density at radius 1 is 1.11 bits per heavy atom. The zero-order chi connectivity index (χ0) is 13.8. The average Bonchev–Trinajstić information content (AvgIpc) is 2.27. The number of nitrogens with zero attached hydrogens (tertiary/aromatic N) is 2. The lowest BCUT2D eigenvalue weighted by molar-refractivity contribution is -0.149. The first-order chi connectivity index (χ1) is 8.33. The smallest absolute Gasteiger partial charge is 0.313 e. The Morgan fingerprint density at radius 2 is 1.67 bits per heavy atom. The van der Waals surface area contributed by atoms with Crippen LogP contribution in [0.25, 0.3) is 0 Å². The van der Waals surface area contributed by atoms with Crippen LogP contribution in [0.1, 0.15) is 20.8 Å². The Hall–Kier alpha value is -0.330. The summed E-state index contributed by atoms with van der Waals surface area (Å²) < 4.78 is 36.8. The number of nitrogens with one attached hydrogen (secondary N) is 1. The minimum absolute atomic E-state index is 0.359. The first-order valence-electron chi connectivity index (χ1n) is 6.60. The number of rotatable bonds is 5. The van der Waals surface area contributed by atoms with Gasteiger partial charge < -0.3 is 5.32 Å². The van der Waals surface area contributed by atoms with Crippen molar-refractivity contribution in [3.63, 3.8) is 0 Å². The molecule has 0 aromatic rings. The summed E-state index contributed by atoms with van der Waals surface area (Å²) in [4.78, 5) is 3.75. The Morgan fingerprint density at radius 3 is 2.11 bits per heavy atom. The van der Waals surface area contributed by atoms with Crippen molar-refractivity contribution in [3.8, 4) is 0 Å². The van der Waals surface area contributed by atoms with Crippen molar-refractivity contribution in [3.05, 3.63) is 0 Å². The lowest BCUT2D eigenvalue weighted by atomic mass is 10.1. The number of hydrogen-bond acceptors (Lipinski definition) is 3. The largest absolute Gasteiger partial charge is 0.401 e. The molecule has 3 nitrogen and oxygen atoms in total. The molecule has 2 atom stereocenters. The molecule has 1 rings (SSSR count). The van der Waals surface area contributed by atoms with Gasteiger partial charge in [-0.05, 0) is 20.4 Å². The number of piperazine rings is 1. The number of hydrogen-bond donors (Lipinski definition) is 1. The van der Waals surface area contributed by atoms with Crippen LogP contribution in [0.15, 0.2) is 0 Å². The lowest BCUT2D eigenvalue weighted by Gasteiger charge is -2.40. The van der Waals surface area contributed by atoms with Gasteiger partial charge in [0.05, 0.1) is 6.54 Å². The standard InChI is InChI=1S/C12H24F3N3/c1-4-16-10(2)11(3)18-7-5-17(6-8-18)9-12(13,14)15/h10-11,16H,4-9H2,1-3H3. The van der Waals surface area contributed by atoms with E-state index >= 15 is 0 Å². The highest BCUT2D eigenvalue weighted by Crippen LogP contribution is 2.18. The molecule has 2 unspecified atom stereocenters. The van der Waals surface area contributed by atoms with Crippen LogP contribution in [-0.4, -0.2) is 67.3 Å². The Bertz CT molecular complexity index is 237. The Balaban J connectivity index is 2.34. The number of halogens is 3. The van der Waals surface area contributed by atoms with Gasteiger partial charge >= 0.3 is 6.18 Å². The molecule has 0 spiro atoms. The van der Waals surface area contributed by atoms with Crippen LogP contribution >= 0.6 is 0 Å². The molecule has 0 amide bonds. The molecule has 0 radical (unpaired) electrons. The summed E-state index contributed by atoms with van der Waals surface area (Å²) in [6.45, 7) is 8.89. The van der Waals surface area contributed by atoms with Crippen LogP contribution in [0.5, 0.6) is 0 Å². The summed E-state index contributed by atoms with van der Waals surface area (Å²) in [6.07, 6.45) is -4.08. The third-order valence-electron chi connectivity index (χ3n) is 3.64. The quantitative estimate of drug-likeness (QED) is 0.815. The molecule has 0 aliphatic carbocycles. The maximum atomic E-state index is 12.3. The number of likely N-dealkylation sites (N-methyl/N-ethyl adjacent to an activating group) is 1. The minimum atomic E-state index is -4.08. The summed E-state index contributed by atoms with van der Waals surface area (Å²) in [5.74, 6) is 0. The van der Waals surface area contributed by atoms with Crippen molar-refractivity contribution in [1.82, 2.24) is 15.1 Å². The first-order valence-corrected chi connectivity index (χ1v) is 6.60. The maximum Gasteiger partial charge on any atom is 0.401 e. The summed E-state index contributed by atoms with van der Waals surface area (Å²) in [5, 5.41) is 3.36. The molecule has 0 aromatic carbocycles. The summed E-state index contributed by atoms with van der Waals surface area (Å²) in [5.41, 5.74) is 0. The second-order valence-corrected chi connectivity index (χ2v) is 5.01. The summed E-state index contributed by atoms with van der Waals surface area (Å²) >= 11 is 0. The van der Waals surface area contributed by atoms with Gasteiger partial charge in [0.15, 0.2) is 0 Å². The third-order valence-corrected chi connectivity index (χ3v) is 3.64. The Labute approximate surface area is 107 Å². The monoisotopic (exact) mass is 267 g/mol. The minimum Gasteiger partial charge on any atom is -0.313 e. The van der Waals surface area contributed by atoms with E-state index in [1.165, 1.54) is 4.90 Å². The summed E-state index contributed by atoms with van der Waals surface area (Å²) in [7, 11) is 0. The molecule has 1 saturated heterocycles. The van der Waals surface area contributed by atoms with Gasteiger partial charge in [0.2, 0.25) is 0 Å². The van der Waals surface area contributed by atoms with E-state index in [0.29, 0.717) is 38.3 Å². The highest BCUT2D eigenvalue weighted by Gasteiger charge is 2.33. The van der Waals surface area contributed by atoms with Crippen molar-refractivity contribution in [1.29, 1.82) is 0 Å². The Kier molecular flexibility index (Phi) is 5.88. The van der Waals surface area contributed by atoms with Crippen LogP contribution in [0, 0.1) is 0 Å². The van der Waals surface area contributed by atoms with Gasteiger partial charge in [-0.25, -0.2) is 0 Å². The van der Waals surface area contributed by atoms with Crippen LogP contribution in [0.2, 0.25) is 0 Å². The van der Waals surface area contributed by atoms with E-state index < -0.39 is 12.7 Å². The molecule has 0 saturated carbocycles. The SMILES string of the molecule is CCNC(C)C(C)N1CCN(CC(F)(F)F)CC1. The first kappa shape index (κ1) is 15.7. The fourth-order valence-corrected chi connectivity index (χ4v) is 2.39. The van der Waals surface area contributed by atoms with E-state index in [9.17, 15) is 13.2 Å². The second kappa shape index (κ2) is 6.73. The molecular weight excluding hydrogens is 243 g/mol. The van der Waals surface area contributed by atoms with Crippen LogP contribution in [0.3, 0.4) is 0 Å². The molecule has 0 aromatic heterocycles. The predicted octanol–water partition coefficient (Wildman–Crippen LogP) is 1.55. The van der Waals surface area contributed by atoms with Crippen molar-refractivity contribution in [2.75, 3.05) is 39.3 Å². The van der Waals surface area contributed by atoms with Crippen molar-refractivity contribution in [2.45, 2.75) is 39.0 Å². The average molecular weight is 267 g/mol. The van der Waals surface area contributed by atoms with Gasteiger partial charge in [0.25, 0.3) is 0 Å². The third kappa shape index (κ3) is 5.12. The van der Waals surface area contributed by atoms with Gasteiger partial charge in [-0.1, -0.05) is 6.92 Å². The topological polar surface area (TPSA) is 18.5 Å². The van der Waals surface area contributed by atoms with Crippen LogP contribution < -0.4 is 5.32 Å². The molecule has 1 heterocycles. The van der Waals surface area contributed by atoms with E-state index in [1.54, 1.807) is 0 Å². The fourth-order valence-electron chi connectivity index (χ4n) is 2.39. The van der Waals surface area contributed by atoms with Crippen LogP contribution in [-0.2, 0) is 0 Å². The molecule has 1 aliphatic heterocycles. The maximum absolute atomic E-state index is 12.3. The molecule has 1 N–H and O–H groups in total. The van der Waals surface area contributed by atoms with E-state index in [4.69, 9.17) is 0 Å². The van der Waals surface area contributed by atoms with Gasteiger partial charge in [-0.15, -0.1) is 0 Å². The fraction of sp³-hybridized carbons (Fsp3) is 1.00. The highest BCUT2D eigenvalue weighted by atomic mass is 19.4. The zero-order valence-corrected chi connectivity index (χ0v) is 11.4. The van der Waals surface area contributed by atoms with Crippen molar-refractivity contribution < 1.29 is 13.2 Å². The molecule has 1 aliphatic rings. The molecule has 108 valence electrons. The van der Waals surface area contributed by atoms with Crippen molar-refractivity contribution >= 4 is 0 Å². The van der Waals surface area contributed by atoms with E-state index in [1.807, 2.05) is 0 Å². The predicted molar refractivity (Wildman–Crippen MR) is 66.7 cm³/mol. The van der Waals surface area contributed by atoms with Crippen molar-refractivity contribution in [2.24, 2.45) is 0 Å². The molecule has 18 heavy (non-hydrogen) atoms. The molecule has 0 bridgehead atoms. The van der Waals surface area contributed by atoms with Gasteiger partial charge in [-0.2, -0.15) is 13.2 Å². The molecular formula is C12H24F3N3. The van der Waals surface area contributed by atoms with Gasteiger partial charge in [0.1, 0.15) is 0 Å². The highest BCUT2D eigenvalue weighted by molar-refractivity contribution is 4.82. The molecule has 1 fully saturated rings. The lowest BCUT2D eigenvalue weighted by Crippen LogP contribution is -2.55. The summed E-state index contributed by atoms with van der Waals surface area (Å²) in [6, 6.07) is 0.724.